The molecule has 1 aromatic carbocycles. The number of hydrogen-bond acceptors (Lipinski definition) is 4. The molecule has 1 aliphatic carbocycles. The fourth-order valence-corrected chi connectivity index (χ4v) is 4.46. The second-order valence-corrected chi connectivity index (χ2v) is 9.70. The smallest absolute Gasteiger partial charge is 0.234 e. The van der Waals surface area contributed by atoms with Gasteiger partial charge in [0.25, 0.3) is 0 Å². The van der Waals surface area contributed by atoms with Crippen LogP contribution in [-0.4, -0.2) is 51.2 Å². The van der Waals surface area contributed by atoms with Gasteiger partial charge in [0.2, 0.25) is 15.9 Å². The molecule has 1 saturated carbocycles. The van der Waals surface area contributed by atoms with Gasteiger partial charge in [-0.05, 0) is 50.1 Å². The van der Waals surface area contributed by atoms with Crippen molar-refractivity contribution in [2.45, 2.75) is 50.6 Å². The van der Waals surface area contributed by atoms with Crippen molar-refractivity contribution in [3.8, 4) is 0 Å². The van der Waals surface area contributed by atoms with E-state index in [-0.39, 0.29) is 18.0 Å². The van der Waals surface area contributed by atoms with E-state index >= 15 is 0 Å². The Bertz CT molecular complexity index is 719. The van der Waals surface area contributed by atoms with Crippen LogP contribution in [0.5, 0.6) is 0 Å². The number of carbonyl (C=O) groups excluding carboxylic acids is 1. The van der Waals surface area contributed by atoms with E-state index in [0.717, 1.165) is 32.2 Å². The topological polar surface area (TPSA) is 78.5 Å². The maximum absolute atomic E-state index is 12.7. The summed E-state index contributed by atoms with van der Waals surface area (Å²) in [5.41, 5.74) is 1.18. The van der Waals surface area contributed by atoms with Crippen molar-refractivity contribution >= 4 is 15.9 Å². The maximum atomic E-state index is 12.7. The first-order valence-corrected chi connectivity index (χ1v) is 11.8. The monoisotopic (exact) mass is 393 g/mol. The van der Waals surface area contributed by atoms with Crippen LogP contribution in [0.4, 0.5) is 0 Å². The Morgan fingerprint density at radius 3 is 2.59 bits per heavy atom. The maximum Gasteiger partial charge on any atom is 0.234 e. The Labute approximate surface area is 162 Å². The number of sulfonamides is 1. The van der Waals surface area contributed by atoms with Crippen LogP contribution in [0.2, 0.25) is 0 Å². The van der Waals surface area contributed by atoms with E-state index in [1.807, 2.05) is 18.2 Å². The van der Waals surface area contributed by atoms with Crippen LogP contribution >= 0.6 is 0 Å². The fourth-order valence-electron chi connectivity index (χ4n) is 3.97. The third-order valence-corrected chi connectivity index (χ3v) is 6.23. The van der Waals surface area contributed by atoms with Gasteiger partial charge in [-0.1, -0.05) is 36.8 Å². The Morgan fingerprint density at radius 1 is 1.19 bits per heavy atom. The molecule has 0 spiro atoms. The number of rotatable bonds is 9. The average Bonchev–Trinajstić information content (AvgIpc) is 3.46. The Hall–Kier alpha value is -1.44. The summed E-state index contributed by atoms with van der Waals surface area (Å²) < 4.78 is 25.1. The van der Waals surface area contributed by atoms with E-state index in [4.69, 9.17) is 0 Å². The van der Waals surface area contributed by atoms with Gasteiger partial charge < -0.3 is 5.32 Å². The summed E-state index contributed by atoms with van der Waals surface area (Å²) in [5, 5.41) is 3.25. The lowest BCUT2D eigenvalue weighted by Gasteiger charge is -2.35. The highest BCUT2D eigenvalue weighted by Gasteiger charge is 2.34. The molecule has 2 unspecified atom stereocenters. The van der Waals surface area contributed by atoms with E-state index in [1.165, 1.54) is 24.7 Å². The zero-order valence-electron chi connectivity index (χ0n) is 16.1. The number of likely N-dealkylation sites (tertiary alicyclic amines) is 1. The molecule has 2 atom stereocenters. The van der Waals surface area contributed by atoms with Crippen molar-refractivity contribution in [3.63, 3.8) is 0 Å². The van der Waals surface area contributed by atoms with Crippen molar-refractivity contribution in [2.24, 2.45) is 5.92 Å². The number of carbonyl (C=O) groups is 1. The van der Waals surface area contributed by atoms with E-state index < -0.39 is 10.0 Å². The Balaban J connectivity index is 1.54. The van der Waals surface area contributed by atoms with Gasteiger partial charge in [-0.25, -0.2) is 13.1 Å². The average molecular weight is 394 g/mol. The normalized spacial score (nSPS) is 22.3. The summed E-state index contributed by atoms with van der Waals surface area (Å²) in [6, 6.07) is 10.6. The number of piperidine rings is 1. The van der Waals surface area contributed by atoms with Gasteiger partial charge in [0.15, 0.2) is 0 Å². The van der Waals surface area contributed by atoms with Crippen molar-refractivity contribution in [1.82, 2.24) is 14.9 Å². The third-order valence-electron chi connectivity index (χ3n) is 5.51. The van der Waals surface area contributed by atoms with Gasteiger partial charge in [0.1, 0.15) is 0 Å². The number of nitrogens with zero attached hydrogens (tertiary/aromatic N) is 1. The molecule has 27 heavy (non-hydrogen) atoms. The number of amides is 1. The standard InChI is InChI=1S/C20H31N3O3S/c1-27(25,26)21-13-12-18-9-5-6-14-23(18)15-19(24)22-20(17-10-11-17)16-7-3-2-4-8-16/h2-4,7-8,17-18,20-21H,5-6,9-15H2,1H3,(H,22,24). The minimum atomic E-state index is -3.16. The molecular weight excluding hydrogens is 362 g/mol. The largest absolute Gasteiger partial charge is 0.348 e. The summed E-state index contributed by atoms with van der Waals surface area (Å²) in [6.45, 7) is 1.71. The molecular formula is C20H31N3O3S. The molecule has 2 fully saturated rings. The molecule has 1 amide bonds. The second kappa shape index (κ2) is 9.17. The Kier molecular flexibility index (Phi) is 6.89. The summed E-state index contributed by atoms with van der Waals surface area (Å²) in [5.74, 6) is 0.617. The molecule has 150 valence electrons. The van der Waals surface area contributed by atoms with E-state index in [9.17, 15) is 13.2 Å². The van der Waals surface area contributed by atoms with Crippen LogP contribution in [0.1, 0.15) is 50.1 Å². The molecule has 1 saturated heterocycles. The lowest BCUT2D eigenvalue weighted by atomic mass is 9.99. The van der Waals surface area contributed by atoms with E-state index in [2.05, 4.69) is 27.1 Å². The van der Waals surface area contributed by atoms with Crippen LogP contribution in [0.25, 0.3) is 0 Å². The summed E-state index contributed by atoms with van der Waals surface area (Å²) >= 11 is 0. The SMILES string of the molecule is CS(=O)(=O)NCCC1CCCCN1CC(=O)NC(c1ccccc1)C1CC1. The first-order valence-electron chi connectivity index (χ1n) is 9.95. The summed E-state index contributed by atoms with van der Waals surface area (Å²) in [6.07, 6.45) is 7.51. The van der Waals surface area contributed by atoms with Gasteiger partial charge in [-0.2, -0.15) is 0 Å². The van der Waals surface area contributed by atoms with Crippen LogP contribution in [0.3, 0.4) is 0 Å². The predicted molar refractivity (Wildman–Crippen MR) is 107 cm³/mol. The highest BCUT2D eigenvalue weighted by molar-refractivity contribution is 7.88. The number of benzene rings is 1. The molecule has 1 aromatic rings. The summed E-state index contributed by atoms with van der Waals surface area (Å²) in [4.78, 5) is 15.0. The minimum Gasteiger partial charge on any atom is -0.348 e. The van der Waals surface area contributed by atoms with Crippen LogP contribution < -0.4 is 10.0 Å². The third kappa shape index (κ3) is 6.59. The minimum absolute atomic E-state index is 0.0683. The first kappa shape index (κ1) is 20.3. The Morgan fingerprint density at radius 2 is 1.93 bits per heavy atom. The van der Waals surface area contributed by atoms with Crippen LogP contribution in [-0.2, 0) is 14.8 Å². The van der Waals surface area contributed by atoms with Crippen molar-refractivity contribution in [3.05, 3.63) is 35.9 Å². The zero-order valence-corrected chi connectivity index (χ0v) is 16.9. The molecule has 0 bridgehead atoms. The highest BCUT2D eigenvalue weighted by atomic mass is 32.2. The van der Waals surface area contributed by atoms with Crippen molar-refractivity contribution in [2.75, 3.05) is 25.9 Å². The predicted octanol–water partition coefficient (Wildman–Crippen LogP) is 2.05. The van der Waals surface area contributed by atoms with Gasteiger partial charge in [0, 0.05) is 12.6 Å². The second-order valence-electron chi connectivity index (χ2n) is 7.87. The fraction of sp³-hybridized carbons (Fsp3) is 0.650. The molecule has 6 nitrogen and oxygen atoms in total. The van der Waals surface area contributed by atoms with Gasteiger partial charge in [0.05, 0.1) is 18.8 Å². The van der Waals surface area contributed by atoms with E-state index in [0.29, 0.717) is 19.0 Å². The molecule has 3 rings (SSSR count). The van der Waals surface area contributed by atoms with Gasteiger partial charge >= 0.3 is 0 Å². The highest BCUT2D eigenvalue weighted by Crippen LogP contribution is 2.40. The summed E-state index contributed by atoms with van der Waals surface area (Å²) in [7, 11) is -3.16. The quantitative estimate of drug-likeness (QED) is 0.673. The number of nitrogens with one attached hydrogen (secondary N) is 2. The van der Waals surface area contributed by atoms with Crippen molar-refractivity contribution < 1.29 is 13.2 Å². The molecule has 2 N–H and O–H groups in total. The molecule has 0 aromatic heterocycles. The van der Waals surface area contributed by atoms with Crippen LogP contribution in [0, 0.1) is 5.92 Å². The first-order chi connectivity index (χ1) is 12.9. The molecule has 1 heterocycles. The van der Waals surface area contributed by atoms with Crippen LogP contribution in [0.15, 0.2) is 30.3 Å². The van der Waals surface area contributed by atoms with Gasteiger partial charge in [-0.3, -0.25) is 9.69 Å². The molecule has 2 aliphatic rings. The molecule has 7 heteroatoms. The zero-order chi connectivity index (χ0) is 19.3. The lowest BCUT2D eigenvalue weighted by molar-refractivity contribution is -0.124. The molecule has 0 radical (unpaired) electrons. The number of hydrogen-bond donors (Lipinski definition) is 2. The van der Waals surface area contributed by atoms with Gasteiger partial charge in [-0.15, -0.1) is 0 Å². The molecule has 1 aliphatic heterocycles. The van der Waals surface area contributed by atoms with E-state index in [1.54, 1.807) is 0 Å². The van der Waals surface area contributed by atoms with Crippen molar-refractivity contribution in [1.29, 1.82) is 0 Å². The lowest BCUT2D eigenvalue weighted by Crippen LogP contribution is -2.47.